The summed E-state index contributed by atoms with van der Waals surface area (Å²) in [6, 6.07) is 11.7. The van der Waals surface area contributed by atoms with E-state index >= 15 is 0 Å². The highest BCUT2D eigenvalue weighted by Crippen LogP contribution is 2.40. The fourth-order valence-corrected chi connectivity index (χ4v) is 5.29. The highest BCUT2D eigenvalue weighted by Gasteiger charge is 2.38. The molecule has 134 valence electrons. The van der Waals surface area contributed by atoms with E-state index in [1.165, 1.54) is 44.2 Å². The Labute approximate surface area is 159 Å². The minimum Gasteiger partial charge on any atom is -0.331 e. The minimum absolute atomic E-state index is 0.390. The van der Waals surface area contributed by atoms with Crippen molar-refractivity contribution in [2.75, 3.05) is 13.1 Å². The van der Waals surface area contributed by atoms with E-state index in [4.69, 9.17) is 23.2 Å². The average molecular weight is 378 g/mol. The topological polar surface area (TPSA) is 31.9 Å². The first kappa shape index (κ1) is 17.4. The van der Waals surface area contributed by atoms with Crippen LogP contribution in [0.2, 0.25) is 10.4 Å². The van der Waals surface area contributed by atoms with Gasteiger partial charge in [-0.3, -0.25) is 4.90 Å². The molecule has 1 aliphatic carbocycles. The Bertz CT molecular complexity index is 700. The van der Waals surface area contributed by atoms with E-state index in [0.717, 1.165) is 36.5 Å². The second-order valence-electron chi connectivity index (χ2n) is 7.57. The molecule has 1 aromatic carbocycles. The molecule has 3 nitrogen and oxygen atoms in total. The quantitative estimate of drug-likeness (QED) is 0.795. The standard InChI is InChI=1S/C20H25Cl2N3/c21-19-17(23-20(22)24-19)9-11-25-10-8-16-13-15(6-7-18(16)25)12-14-4-2-1-3-5-14/h1-5,15-16,18H,6-13H2,(H,23,24)/t15-,16+,18-/m1/s1. The molecule has 25 heavy (non-hydrogen) atoms. The highest BCUT2D eigenvalue weighted by molar-refractivity contribution is 6.32. The minimum atomic E-state index is 0.390. The summed E-state index contributed by atoms with van der Waals surface area (Å²) in [4.78, 5) is 9.78. The second kappa shape index (κ2) is 7.69. The predicted octanol–water partition coefficient (Wildman–Crippen LogP) is 4.99. The molecule has 2 aliphatic rings. The first-order valence-electron chi connectivity index (χ1n) is 9.37. The van der Waals surface area contributed by atoms with Gasteiger partial charge in [0.1, 0.15) is 0 Å². The number of aromatic amines is 1. The summed E-state index contributed by atoms with van der Waals surface area (Å²) in [5.74, 6) is 1.72. The molecule has 0 amide bonds. The number of halogens is 2. The molecule has 3 atom stereocenters. The number of H-pyrrole nitrogens is 1. The van der Waals surface area contributed by atoms with Crippen LogP contribution in [0.1, 0.15) is 36.9 Å². The molecule has 2 fully saturated rings. The van der Waals surface area contributed by atoms with Crippen LogP contribution in [-0.2, 0) is 12.8 Å². The summed E-state index contributed by atoms with van der Waals surface area (Å²) in [5, 5.41) is 0.910. The van der Waals surface area contributed by atoms with E-state index < -0.39 is 0 Å². The fourth-order valence-electron chi connectivity index (χ4n) is 4.82. The monoisotopic (exact) mass is 377 g/mol. The number of rotatable bonds is 5. The molecule has 4 rings (SSSR count). The van der Waals surface area contributed by atoms with Crippen LogP contribution in [-0.4, -0.2) is 34.0 Å². The molecule has 0 radical (unpaired) electrons. The number of fused-ring (bicyclic) bond motifs is 1. The molecule has 0 bridgehead atoms. The van der Waals surface area contributed by atoms with Crippen molar-refractivity contribution in [3.8, 4) is 0 Å². The van der Waals surface area contributed by atoms with Crippen LogP contribution in [0.25, 0.3) is 0 Å². The lowest BCUT2D eigenvalue weighted by atomic mass is 9.76. The number of likely N-dealkylation sites (tertiary alicyclic amines) is 1. The normalized spacial score (nSPS) is 26.7. The van der Waals surface area contributed by atoms with Crippen molar-refractivity contribution < 1.29 is 0 Å². The van der Waals surface area contributed by atoms with Crippen molar-refractivity contribution in [2.24, 2.45) is 11.8 Å². The maximum absolute atomic E-state index is 6.12. The van der Waals surface area contributed by atoms with Gasteiger partial charge in [0.15, 0.2) is 5.15 Å². The number of nitrogens with zero attached hydrogens (tertiary/aromatic N) is 2. The highest BCUT2D eigenvalue weighted by atomic mass is 35.5. The summed E-state index contributed by atoms with van der Waals surface area (Å²) in [7, 11) is 0. The Kier molecular flexibility index (Phi) is 5.35. The van der Waals surface area contributed by atoms with Gasteiger partial charge >= 0.3 is 0 Å². The Hall–Kier alpha value is -1.03. The number of hydrogen-bond acceptors (Lipinski definition) is 2. The summed E-state index contributed by atoms with van der Waals surface area (Å²) in [5.41, 5.74) is 2.46. The van der Waals surface area contributed by atoms with Crippen molar-refractivity contribution in [1.82, 2.24) is 14.9 Å². The molecule has 1 saturated heterocycles. The van der Waals surface area contributed by atoms with Gasteiger partial charge in [0.25, 0.3) is 0 Å². The first-order valence-corrected chi connectivity index (χ1v) is 10.1. The van der Waals surface area contributed by atoms with Gasteiger partial charge in [-0.1, -0.05) is 41.9 Å². The predicted molar refractivity (Wildman–Crippen MR) is 103 cm³/mol. The van der Waals surface area contributed by atoms with Crippen molar-refractivity contribution in [3.63, 3.8) is 0 Å². The molecule has 0 spiro atoms. The molecule has 1 aliphatic heterocycles. The van der Waals surface area contributed by atoms with E-state index in [0.29, 0.717) is 10.4 Å². The summed E-state index contributed by atoms with van der Waals surface area (Å²) < 4.78 is 0. The van der Waals surface area contributed by atoms with Crippen LogP contribution in [0.15, 0.2) is 30.3 Å². The van der Waals surface area contributed by atoms with Gasteiger partial charge in [-0.15, -0.1) is 0 Å². The van der Waals surface area contributed by atoms with Gasteiger partial charge in [-0.05, 0) is 67.6 Å². The number of aromatic nitrogens is 2. The van der Waals surface area contributed by atoms with Crippen molar-refractivity contribution in [3.05, 3.63) is 52.0 Å². The molecule has 1 saturated carbocycles. The van der Waals surface area contributed by atoms with Crippen LogP contribution in [0.3, 0.4) is 0 Å². The number of imidazole rings is 1. The Morgan fingerprint density at radius 1 is 1.12 bits per heavy atom. The van der Waals surface area contributed by atoms with Gasteiger partial charge in [0, 0.05) is 19.0 Å². The molecule has 5 heteroatoms. The molecular formula is C20H25Cl2N3. The third-order valence-corrected chi connectivity index (χ3v) is 6.51. The summed E-state index contributed by atoms with van der Waals surface area (Å²) >= 11 is 12.0. The lowest BCUT2D eigenvalue weighted by molar-refractivity contribution is 0.152. The number of hydrogen-bond donors (Lipinski definition) is 1. The third kappa shape index (κ3) is 4.05. The van der Waals surface area contributed by atoms with Gasteiger partial charge in [-0.2, -0.15) is 0 Å². The average Bonchev–Trinajstić information content (AvgIpc) is 3.16. The molecule has 0 unspecified atom stereocenters. The summed E-state index contributed by atoms with van der Waals surface area (Å²) in [6.45, 7) is 2.26. The maximum Gasteiger partial charge on any atom is 0.201 e. The SMILES string of the molecule is Clc1nc(Cl)c(CCN2CC[C@H]3C[C@@H](Cc4ccccc4)CC[C@H]32)[nH]1. The molecule has 1 aromatic heterocycles. The fraction of sp³-hybridized carbons (Fsp3) is 0.550. The van der Waals surface area contributed by atoms with E-state index in [2.05, 4.69) is 45.2 Å². The van der Waals surface area contributed by atoms with Crippen LogP contribution in [0.4, 0.5) is 0 Å². The Balaban J connectivity index is 1.30. The Morgan fingerprint density at radius 2 is 1.96 bits per heavy atom. The van der Waals surface area contributed by atoms with Crippen LogP contribution in [0, 0.1) is 11.8 Å². The zero-order chi connectivity index (χ0) is 17.2. The van der Waals surface area contributed by atoms with E-state index in [9.17, 15) is 0 Å². The van der Waals surface area contributed by atoms with Gasteiger partial charge in [0.2, 0.25) is 5.28 Å². The zero-order valence-corrected chi connectivity index (χ0v) is 15.9. The van der Waals surface area contributed by atoms with Gasteiger partial charge in [-0.25, -0.2) is 4.98 Å². The van der Waals surface area contributed by atoms with Crippen LogP contribution >= 0.6 is 23.2 Å². The smallest absolute Gasteiger partial charge is 0.201 e. The zero-order valence-electron chi connectivity index (χ0n) is 14.4. The Morgan fingerprint density at radius 3 is 2.72 bits per heavy atom. The molecule has 1 N–H and O–H groups in total. The van der Waals surface area contributed by atoms with Crippen molar-refractivity contribution in [1.29, 1.82) is 0 Å². The molecule has 2 aromatic rings. The number of benzene rings is 1. The maximum atomic E-state index is 6.12. The van der Waals surface area contributed by atoms with Crippen LogP contribution in [0.5, 0.6) is 0 Å². The third-order valence-electron chi connectivity index (χ3n) is 6.02. The lowest BCUT2D eigenvalue weighted by Crippen LogP contribution is -2.38. The van der Waals surface area contributed by atoms with Crippen LogP contribution < -0.4 is 0 Å². The lowest BCUT2D eigenvalue weighted by Gasteiger charge is -2.36. The van der Waals surface area contributed by atoms with Crippen molar-refractivity contribution in [2.45, 2.75) is 44.6 Å². The number of nitrogens with one attached hydrogen (secondary N) is 1. The molecule has 2 heterocycles. The van der Waals surface area contributed by atoms with E-state index in [-0.39, 0.29) is 0 Å². The van der Waals surface area contributed by atoms with Crippen molar-refractivity contribution >= 4 is 23.2 Å². The molecular weight excluding hydrogens is 353 g/mol. The largest absolute Gasteiger partial charge is 0.331 e. The van der Waals surface area contributed by atoms with Gasteiger partial charge < -0.3 is 4.98 Å². The van der Waals surface area contributed by atoms with E-state index in [1.54, 1.807) is 0 Å². The summed E-state index contributed by atoms with van der Waals surface area (Å²) in [6.07, 6.45) is 7.55. The second-order valence-corrected chi connectivity index (χ2v) is 8.28. The van der Waals surface area contributed by atoms with E-state index in [1.807, 2.05) is 0 Å². The van der Waals surface area contributed by atoms with Gasteiger partial charge in [0.05, 0.1) is 5.69 Å². The first-order chi connectivity index (χ1) is 12.2.